The first kappa shape index (κ1) is 19.7. The summed E-state index contributed by atoms with van der Waals surface area (Å²) >= 11 is 0. The maximum atomic E-state index is 12.8. The van der Waals surface area contributed by atoms with E-state index in [1.54, 1.807) is 0 Å². The molecule has 0 saturated carbocycles. The molecule has 0 spiro atoms. The van der Waals surface area contributed by atoms with Crippen LogP contribution >= 0.6 is 0 Å². The third kappa shape index (κ3) is 5.21. The van der Waals surface area contributed by atoms with E-state index in [1.807, 2.05) is 0 Å². The number of Topliss-reactive ketones (excluding diaryl/α,β-unsaturated/α-hetero) is 1. The SMILES string of the molecule is CC(=O)c1ccc(S(=O)(=O)N[C@H](C)C(=O)NCc2ccc(F)cc2)cc1. The highest BCUT2D eigenvalue weighted by molar-refractivity contribution is 7.89. The van der Waals surface area contributed by atoms with Gasteiger partial charge in [-0.25, -0.2) is 12.8 Å². The molecule has 0 saturated heterocycles. The number of hydrogen-bond acceptors (Lipinski definition) is 4. The first-order valence-corrected chi connectivity index (χ1v) is 9.33. The largest absolute Gasteiger partial charge is 0.351 e. The number of ketones is 1. The van der Waals surface area contributed by atoms with Crippen LogP contribution < -0.4 is 10.0 Å². The molecule has 2 rings (SSSR count). The lowest BCUT2D eigenvalue weighted by Gasteiger charge is -2.14. The molecule has 2 aromatic rings. The van der Waals surface area contributed by atoms with Crippen molar-refractivity contribution in [3.63, 3.8) is 0 Å². The van der Waals surface area contributed by atoms with Crippen molar-refractivity contribution in [1.82, 2.24) is 10.0 Å². The lowest BCUT2D eigenvalue weighted by atomic mass is 10.2. The Morgan fingerprint density at radius 2 is 1.62 bits per heavy atom. The van der Waals surface area contributed by atoms with Crippen LogP contribution in [0.1, 0.15) is 29.8 Å². The Morgan fingerprint density at radius 3 is 2.15 bits per heavy atom. The molecule has 0 bridgehead atoms. The Hall–Kier alpha value is -2.58. The van der Waals surface area contributed by atoms with Crippen molar-refractivity contribution >= 4 is 21.7 Å². The first-order valence-electron chi connectivity index (χ1n) is 7.84. The average Bonchev–Trinajstić information content (AvgIpc) is 2.60. The van der Waals surface area contributed by atoms with Crippen LogP contribution in [0, 0.1) is 5.82 Å². The maximum absolute atomic E-state index is 12.8. The summed E-state index contributed by atoms with van der Waals surface area (Å²) in [6.07, 6.45) is 0. The number of amides is 1. The van der Waals surface area contributed by atoms with Gasteiger partial charge in [-0.2, -0.15) is 4.72 Å². The summed E-state index contributed by atoms with van der Waals surface area (Å²) < 4.78 is 39.8. The van der Waals surface area contributed by atoms with E-state index in [0.29, 0.717) is 11.1 Å². The summed E-state index contributed by atoms with van der Waals surface area (Å²) in [5.74, 6) is -1.06. The number of carbonyl (C=O) groups excluding carboxylic acids is 2. The summed E-state index contributed by atoms with van der Waals surface area (Å²) in [5, 5.41) is 2.58. The highest BCUT2D eigenvalue weighted by Gasteiger charge is 2.22. The highest BCUT2D eigenvalue weighted by atomic mass is 32.2. The Morgan fingerprint density at radius 1 is 1.04 bits per heavy atom. The van der Waals surface area contributed by atoms with Gasteiger partial charge < -0.3 is 5.32 Å². The normalized spacial score (nSPS) is 12.4. The molecule has 1 atom stereocenters. The molecule has 0 fully saturated rings. The number of rotatable bonds is 7. The van der Waals surface area contributed by atoms with Crippen molar-refractivity contribution in [2.24, 2.45) is 0 Å². The summed E-state index contributed by atoms with van der Waals surface area (Å²) in [6, 6.07) is 10.0. The molecule has 1 amide bonds. The standard InChI is InChI=1S/C18H19FN2O4S/c1-12(18(23)20-11-14-3-7-16(19)8-4-14)21-26(24,25)17-9-5-15(6-10-17)13(2)22/h3-10,12,21H,11H2,1-2H3,(H,20,23)/t12-/m1/s1. The van der Waals surface area contributed by atoms with Gasteiger partial charge in [0.25, 0.3) is 0 Å². The van der Waals surface area contributed by atoms with Gasteiger partial charge in [0, 0.05) is 12.1 Å². The molecule has 0 aliphatic heterocycles. The van der Waals surface area contributed by atoms with Gasteiger partial charge in [0.05, 0.1) is 10.9 Å². The average molecular weight is 378 g/mol. The lowest BCUT2D eigenvalue weighted by molar-refractivity contribution is -0.122. The lowest BCUT2D eigenvalue weighted by Crippen LogP contribution is -2.44. The molecular formula is C18H19FN2O4S. The fourth-order valence-corrected chi connectivity index (χ4v) is 3.37. The second-order valence-electron chi connectivity index (χ2n) is 5.77. The highest BCUT2D eigenvalue weighted by Crippen LogP contribution is 2.11. The van der Waals surface area contributed by atoms with Crippen molar-refractivity contribution in [2.75, 3.05) is 0 Å². The Kier molecular flexibility index (Phi) is 6.23. The van der Waals surface area contributed by atoms with E-state index in [-0.39, 0.29) is 23.0 Å². The van der Waals surface area contributed by atoms with E-state index in [4.69, 9.17) is 0 Å². The molecule has 138 valence electrons. The third-order valence-electron chi connectivity index (χ3n) is 3.68. The van der Waals surface area contributed by atoms with Crippen LogP contribution in [0.15, 0.2) is 53.4 Å². The topological polar surface area (TPSA) is 92.3 Å². The van der Waals surface area contributed by atoms with Crippen molar-refractivity contribution in [2.45, 2.75) is 31.3 Å². The number of benzene rings is 2. The van der Waals surface area contributed by atoms with Crippen LogP contribution in [0.5, 0.6) is 0 Å². The molecular weight excluding hydrogens is 359 g/mol. The first-order chi connectivity index (χ1) is 12.2. The summed E-state index contributed by atoms with van der Waals surface area (Å²) in [5.41, 5.74) is 1.09. The second kappa shape index (κ2) is 8.20. The van der Waals surface area contributed by atoms with E-state index in [9.17, 15) is 22.4 Å². The minimum atomic E-state index is -3.91. The summed E-state index contributed by atoms with van der Waals surface area (Å²) in [7, 11) is -3.91. The maximum Gasteiger partial charge on any atom is 0.241 e. The fraction of sp³-hybridized carbons (Fsp3) is 0.222. The van der Waals surface area contributed by atoms with Crippen molar-refractivity contribution in [3.8, 4) is 0 Å². The Balaban J connectivity index is 1.97. The minimum Gasteiger partial charge on any atom is -0.351 e. The molecule has 0 unspecified atom stereocenters. The van der Waals surface area contributed by atoms with E-state index < -0.39 is 22.0 Å². The smallest absolute Gasteiger partial charge is 0.241 e. The quantitative estimate of drug-likeness (QED) is 0.721. The Labute approximate surface area is 151 Å². The zero-order chi connectivity index (χ0) is 19.3. The zero-order valence-corrected chi connectivity index (χ0v) is 15.1. The summed E-state index contributed by atoms with van der Waals surface area (Å²) in [6.45, 7) is 2.95. The van der Waals surface area contributed by atoms with Crippen LogP contribution in [-0.2, 0) is 21.4 Å². The number of halogens is 1. The van der Waals surface area contributed by atoms with Gasteiger partial charge in [-0.1, -0.05) is 24.3 Å². The molecule has 0 aliphatic rings. The number of sulfonamides is 1. The van der Waals surface area contributed by atoms with E-state index in [1.165, 1.54) is 62.4 Å². The molecule has 2 aromatic carbocycles. The van der Waals surface area contributed by atoms with Crippen LogP contribution in [0.2, 0.25) is 0 Å². The van der Waals surface area contributed by atoms with Crippen molar-refractivity contribution in [3.05, 3.63) is 65.5 Å². The number of hydrogen-bond donors (Lipinski definition) is 2. The van der Waals surface area contributed by atoms with Crippen molar-refractivity contribution < 1.29 is 22.4 Å². The zero-order valence-electron chi connectivity index (χ0n) is 14.3. The van der Waals surface area contributed by atoms with Gasteiger partial charge in [0.1, 0.15) is 5.82 Å². The Bertz CT molecular complexity index is 894. The predicted molar refractivity (Wildman–Crippen MR) is 94.5 cm³/mol. The molecule has 26 heavy (non-hydrogen) atoms. The summed E-state index contributed by atoms with van der Waals surface area (Å²) in [4.78, 5) is 23.3. The van der Waals surface area contributed by atoms with Crippen molar-refractivity contribution in [1.29, 1.82) is 0 Å². The van der Waals surface area contributed by atoms with Gasteiger partial charge in [-0.05, 0) is 43.7 Å². The molecule has 8 heteroatoms. The molecule has 0 radical (unpaired) electrons. The number of carbonyl (C=O) groups is 2. The van der Waals surface area contributed by atoms with Gasteiger partial charge in [-0.3, -0.25) is 9.59 Å². The third-order valence-corrected chi connectivity index (χ3v) is 5.23. The molecule has 0 aliphatic carbocycles. The van der Waals surface area contributed by atoms with Crippen LogP contribution in [-0.4, -0.2) is 26.2 Å². The molecule has 2 N–H and O–H groups in total. The molecule has 0 heterocycles. The van der Waals surface area contributed by atoms with Gasteiger partial charge in [0.2, 0.25) is 15.9 Å². The van der Waals surface area contributed by atoms with E-state index in [2.05, 4.69) is 10.0 Å². The minimum absolute atomic E-state index is 0.0410. The van der Waals surface area contributed by atoms with E-state index in [0.717, 1.165) is 0 Å². The van der Waals surface area contributed by atoms with E-state index >= 15 is 0 Å². The van der Waals surface area contributed by atoms with Gasteiger partial charge >= 0.3 is 0 Å². The van der Waals surface area contributed by atoms with Crippen LogP contribution in [0.3, 0.4) is 0 Å². The second-order valence-corrected chi connectivity index (χ2v) is 7.48. The van der Waals surface area contributed by atoms with Crippen LogP contribution in [0.25, 0.3) is 0 Å². The molecule has 0 aromatic heterocycles. The molecule has 6 nitrogen and oxygen atoms in total. The predicted octanol–water partition coefficient (Wildman–Crippen LogP) is 2.01. The van der Waals surface area contributed by atoms with Gasteiger partial charge in [0.15, 0.2) is 5.78 Å². The monoisotopic (exact) mass is 378 g/mol. The van der Waals surface area contributed by atoms with Crippen LogP contribution in [0.4, 0.5) is 4.39 Å². The number of nitrogens with one attached hydrogen (secondary N) is 2. The fourth-order valence-electron chi connectivity index (χ4n) is 2.17. The van der Waals surface area contributed by atoms with Gasteiger partial charge in [-0.15, -0.1) is 0 Å².